The van der Waals surface area contributed by atoms with E-state index in [0.29, 0.717) is 19.3 Å². The molecule has 0 bridgehead atoms. The zero-order valence-electron chi connectivity index (χ0n) is 49.2. The molecule has 1 atom stereocenters. The first-order valence-corrected chi connectivity index (χ1v) is 32.5. The summed E-state index contributed by atoms with van der Waals surface area (Å²) in [5.74, 6) is -0.845. The SMILES string of the molecule is CCCCCCC/C=C\C/C=C\C/C=C\CCCCCCCCCCCCCCCCCCCCC(=O)OCC(COC(=O)CCCCCCCCCCCC)OC(=O)CCCCCCCCCCCCCC. The average Bonchev–Trinajstić information content (AvgIpc) is 3.39. The van der Waals surface area contributed by atoms with Gasteiger partial charge in [-0.1, -0.05) is 314 Å². The first kappa shape index (κ1) is 70.6. The number of unbranched alkanes of at least 4 members (excludes halogenated alkanes) is 43. The highest BCUT2D eigenvalue weighted by atomic mass is 16.6. The van der Waals surface area contributed by atoms with Crippen LogP contribution in [0.15, 0.2) is 36.5 Å². The van der Waals surface area contributed by atoms with Gasteiger partial charge in [0.2, 0.25) is 0 Å². The molecule has 428 valence electrons. The Balaban J connectivity index is 4.00. The Bertz CT molecular complexity index is 1220. The second-order valence-corrected chi connectivity index (χ2v) is 22.0. The van der Waals surface area contributed by atoms with Gasteiger partial charge < -0.3 is 14.2 Å². The minimum atomic E-state index is -0.764. The van der Waals surface area contributed by atoms with Crippen LogP contribution in [-0.4, -0.2) is 37.2 Å². The Hall–Kier alpha value is -2.37. The number of carbonyl (C=O) groups is 3. The van der Waals surface area contributed by atoms with Crippen molar-refractivity contribution >= 4 is 17.9 Å². The molecule has 0 fully saturated rings. The molecule has 0 saturated carbocycles. The van der Waals surface area contributed by atoms with E-state index in [-0.39, 0.29) is 31.1 Å². The molecular formula is C67H124O6. The molecule has 0 N–H and O–H groups in total. The van der Waals surface area contributed by atoms with Crippen LogP contribution in [-0.2, 0) is 28.6 Å². The first-order chi connectivity index (χ1) is 36.0. The summed E-state index contributed by atoms with van der Waals surface area (Å²) in [6, 6.07) is 0. The number of ether oxygens (including phenoxy) is 3. The lowest BCUT2D eigenvalue weighted by molar-refractivity contribution is -0.167. The molecule has 6 nitrogen and oxygen atoms in total. The Morgan fingerprint density at radius 1 is 0.274 bits per heavy atom. The molecule has 0 saturated heterocycles. The lowest BCUT2D eigenvalue weighted by atomic mass is 10.0. The van der Waals surface area contributed by atoms with Gasteiger partial charge in [0.05, 0.1) is 0 Å². The Kier molecular flexibility index (Phi) is 60.2. The summed E-state index contributed by atoms with van der Waals surface area (Å²) in [7, 11) is 0. The van der Waals surface area contributed by atoms with E-state index < -0.39 is 6.10 Å². The number of rotatable bonds is 60. The summed E-state index contributed by atoms with van der Waals surface area (Å²) in [6.07, 6.45) is 76.1. The molecule has 0 spiro atoms. The van der Waals surface area contributed by atoms with Crippen LogP contribution < -0.4 is 0 Å². The molecule has 1 unspecified atom stereocenters. The molecule has 0 aromatic heterocycles. The molecule has 0 aliphatic heterocycles. The van der Waals surface area contributed by atoms with Crippen LogP contribution in [0.3, 0.4) is 0 Å². The van der Waals surface area contributed by atoms with Gasteiger partial charge in [0.15, 0.2) is 6.10 Å². The molecule has 0 heterocycles. The third kappa shape index (κ3) is 60.4. The van der Waals surface area contributed by atoms with E-state index in [1.165, 1.54) is 244 Å². The van der Waals surface area contributed by atoms with Crippen LogP contribution in [0.1, 0.15) is 355 Å². The maximum Gasteiger partial charge on any atom is 0.306 e. The predicted molar refractivity (Wildman–Crippen MR) is 316 cm³/mol. The Morgan fingerprint density at radius 2 is 0.493 bits per heavy atom. The van der Waals surface area contributed by atoms with Crippen LogP contribution in [0.4, 0.5) is 0 Å². The van der Waals surface area contributed by atoms with Crippen molar-refractivity contribution in [2.45, 2.75) is 361 Å². The van der Waals surface area contributed by atoms with Crippen molar-refractivity contribution in [1.82, 2.24) is 0 Å². The molecule has 73 heavy (non-hydrogen) atoms. The molecule has 6 heteroatoms. The smallest absolute Gasteiger partial charge is 0.306 e. The van der Waals surface area contributed by atoms with Crippen molar-refractivity contribution in [2.75, 3.05) is 13.2 Å². The highest BCUT2D eigenvalue weighted by Crippen LogP contribution is 2.18. The summed E-state index contributed by atoms with van der Waals surface area (Å²) < 4.78 is 16.9. The van der Waals surface area contributed by atoms with Gasteiger partial charge in [0, 0.05) is 19.3 Å². The number of esters is 3. The van der Waals surface area contributed by atoms with Crippen LogP contribution >= 0.6 is 0 Å². The fraction of sp³-hybridized carbons (Fsp3) is 0.866. The average molecular weight is 1030 g/mol. The number of hydrogen-bond donors (Lipinski definition) is 0. The van der Waals surface area contributed by atoms with Gasteiger partial charge in [-0.15, -0.1) is 0 Å². The van der Waals surface area contributed by atoms with Crippen molar-refractivity contribution in [2.24, 2.45) is 0 Å². The van der Waals surface area contributed by atoms with Gasteiger partial charge in [0.1, 0.15) is 13.2 Å². The van der Waals surface area contributed by atoms with E-state index in [0.717, 1.165) is 70.6 Å². The molecular weight excluding hydrogens is 901 g/mol. The molecule has 0 rings (SSSR count). The molecule has 0 aromatic carbocycles. The zero-order chi connectivity index (χ0) is 52.9. The molecule has 0 amide bonds. The maximum atomic E-state index is 12.8. The fourth-order valence-electron chi connectivity index (χ4n) is 9.75. The van der Waals surface area contributed by atoms with Gasteiger partial charge in [0.25, 0.3) is 0 Å². The quantitative estimate of drug-likeness (QED) is 0.0261. The van der Waals surface area contributed by atoms with Crippen molar-refractivity contribution in [3.63, 3.8) is 0 Å². The van der Waals surface area contributed by atoms with E-state index >= 15 is 0 Å². The van der Waals surface area contributed by atoms with E-state index in [1.54, 1.807) is 0 Å². The summed E-state index contributed by atoms with van der Waals surface area (Å²) in [5, 5.41) is 0. The van der Waals surface area contributed by atoms with Crippen molar-refractivity contribution in [1.29, 1.82) is 0 Å². The van der Waals surface area contributed by atoms with Crippen LogP contribution in [0.25, 0.3) is 0 Å². The highest BCUT2D eigenvalue weighted by molar-refractivity contribution is 5.71. The number of allylic oxidation sites excluding steroid dienone is 6. The molecule has 0 aliphatic rings. The van der Waals surface area contributed by atoms with Crippen molar-refractivity contribution in [3.05, 3.63) is 36.5 Å². The molecule has 0 radical (unpaired) electrons. The van der Waals surface area contributed by atoms with Crippen molar-refractivity contribution in [3.8, 4) is 0 Å². The predicted octanol–water partition coefficient (Wildman–Crippen LogP) is 22.0. The molecule has 0 aliphatic carbocycles. The van der Waals surface area contributed by atoms with E-state index in [9.17, 15) is 14.4 Å². The number of carbonyl (C=O) groups excluding carboxylic acids is 3. The summed E-state index contributed by atoms with van der Waals surface area (Å²) in [6.45, 7) is 6.66. The minimum absolute atomic E-state index is 0.0653. The number of hydrogen-bond acceptors (Lipinski definition) is 6. The third-order valence-corrected chi connectivity index (χ3v) is 14.6. The van der Waals surface area contributed by atoms with Gasteiger partial charge in [-0.2, -0.15) is 0 Å². The van der Waals surface area contributed by atoms with E-state index in [2.05, 4.69) is 57.2 Å². The topological polar surface area (TPSA) is 78.9 Å². The van der Waals surface area contributed by atoms with Gasteiger partial charge in [-0.3, -0.25) is 14.4 Å². The third-order valence-electron chi connectivity index (χ3n) is 14.6. The fourth-order valence-corrected chi connectivity index (χ4v) is 9.75. The monoisotopic (exact) mass is 1020 g/mol. The van der Waals surface area contributed by atoms with E-state index in [1.807, 2.05) is 0 Å². The van der Waals surface area contributed by atoms with Gasteiger partial charge in [-0.25, -0.2) is 0 Å². The Morgan fingerprint density at radius 3 is 0.767 bits per heavy atom. The normalized spacial score (nSPS) is 12.2. The lowest BCUT2D eigenvalue weighted by Crippen LogP contribution is -2.30. The lowest BCUT2D eigenvalue weighted by Gasteiger charge is -2.18. The van der Waals surface area contributed by atoms with E-state index in [4.69, 9.17) is 14.2 Å². The zero-order valence-corrected chi connectivity index (χ0v) is 49.2. The summed E-state index contributed by atoms with van der Waals surface area (Å²) in [5.41, 5.74) is 0. The minimum Gasteiger partial charge on any atom is -0.462 e. The largest absolute Gasteiger partial charge is 0.462 e. The van der Waals surface area contributed by atoms with Crippen LogP contribution in [0.5, 0.6) is 0 Å². The summed E-state index contributed by atoms with van der Waals surface area (Å²) in [4.78, 5) is 38.1. The Labute approximate surface area is 455 Å². The van der Waals surface area contributed by atoms with Crippen LogP contribution in [0, 0.1) is 0 Å². The maximum absolute atomic E-state index is 12.8. The van der Waals surface area contributed by atoms with Crippen molar-refractivity contribution < 1.29 is 28.6 Å². The highest BCUT2D eigenvalue weighted by Gasteiger charge is 2.19. The first-order valence-electron chi connectivity index (χ1n) is 32.5. The second kappa shape index (κ2) is 62.2. The standard InChI is InChI=1S/C67H124O6/c1-4-7-10-13-16-19-22-24-25-26-27-28-29-30-31-32-33-34-35-36-37-38-39-40-41-42-43-44-46-48-51-54-57-60-66(69)72-63-64(62-71-65(68)59-56-53-50-47-21-18-15-12-9-6-3)73-67(70)61-58-55-52-49-45-23-20-17-14-11-8-5-2/h22,24,26-27,29-30,64H,4-21,23,25,28,31-63H2,1-3H3/b24-22-,27-26-,30-29-. The van der Waals surface area contributed by atoms with Gasteiger partial charge in [-0.05, 0) is 57.8 Å². The summed E-state index contributed by atoms with van der Waals surface area (Å²) >= 11 is 0. The van der Waals surface area contributed by atoms with Gasteiger partial charge >= 0.3 is 17.9 Å². The molecule has 0 aromatic rings. The van der Waals surface area contributed by atoms with Crippen LogP contribution in [0.2, 0.25) is 0 Å². The second-order valence-electron chi connectivity index (χ2n) is 22.0.